The predicted octanol–water partition coefficient (Wildman–Crippen LogP) is 1.64. The molecule has 0 aromatic heterocycles. The second kappa shape index (κ2) is 5.26. The van der Waals surface area contributed by atoms with E-state index in [0.717, 1.165) is 12.8 Å². The van der Waals surface area contributed by atoms with Crippen LogP contribution in [0.5, 0.6) is 0 Å². The van der Waals surface area contributed by atoms with E-state index in [4.69, 9.17) is 5.73 Å². The SMILES string of the molecule is NC1CCCC(S(=O)(=O)c2ccccc2[N+](=O)[O-])C1. The Kier molecular flexibility index (Phi) is 3.86. The number of nitrogens with two attached hydrogens (primary N) is 1. The fourth-order valence-electron chi connectivity index (χ4n) is 2.49. The van der Waals surface area contributed by atoms with Crippen LogP contribution in [-0.2, 0) is 9.84 Å². The van der Waals surface area contributed by atoms with Crippen molar-refractivity contribution in [3.63, 3.8) is 0 Å². The van der Waals surface area contributed by atoms with Crippen molar-refractivity contribution >= 4 is 15.5 Å². The van der Waals surface area contributed by atoms with Gasteiger partial charge in [-0.05, 0) is 25.3 Å². The van der Waals surface area contributed by atoms with Crippen LogP contribution in [0, 0.1) is 10.1 Å². The topological polar surface area (TPSA) is 103 Å². The van der Waals surface area contributed by atoms with E-state index in [1.165, 1.54) is 24.3 Å². The van der Waals surface area contributed by atoms with Crippen molar-refractivity contribution in [2.75, 3.05) is 0 Å². The average Bonchev–Trinajstić information content (AvgIpc) is 2.38. The van der Waals surface area contributed by atoms with Crippen molar-refractivity contribution in [1.29, 1.82) is 0 Å². The lowest BCUT2D eigenvalue weighted by Crippen LogP contribution is -2.35. The van der Waals surface area contributed by atoms with Gasteiger partial charge in [0.2, 0.25) is 0 Å². The van der Waals surface area contributed by atoms with Crippen LogP contribution in [0.3, 0.4) is 0 Å². The van der Waals surface area contributed by atoms with E-state index >= 15 is 0 Å². The number of nitro groups is 1. The molecule has 7 heteroatoms. The summed E-state index contributed by atoms with van der Waals surface area (Å²) in [6.45, 7) is 0. The van der Waals surface area contributed by atoms with E-state index < -0.39 is 20.0 Å². The molecule has 0 saturated heterocycles. The van der Waals surface area contributed by atoms with Gasteiger partial charge in [-0.15, -0.1) is 0 Å². The third kappa shape index (κ3) is 2.76. The minimum absolute atomic E-state index is 0.142. The third-order valence-corrected chi connectivity index (χ3v) is 5.74. The highest BCUT2D eigenvalue weighted by molar-refractivity contribution is 7.92. The Hall–Kier alpha value is -1.47. The molecule has 1 aliphatic carbocycles. The van der Waals surface area contributed by atoms with Gasteiger partial charge >= 0.3 is 0 Å². The molecule has 19 heavy (non-hydrogen) atoms. The van der Waals surface area contributed by atoms with Crippen LogP contribution >= 0.6 is 0 Å². The zero-order chi connectivity index (χ0) is 14.0. The maximum absolute atomic E-state index is 12.5. The smallest absolute Gasteiger partial charge is 0.287 e. The zero-order valence-electron chi connectivity index (χ0n) is 10.4. The summed E-state index contributed by atoms with van der Waals surface area (Å²) in [4.78, 5) is 10.1. The normalized spacial score (nSPS) is 24.1. The molecule has 2 rings (SSSR count). The summed E-state index contributed by atoms with van der Waals surface area (Å²) in [6, 6.07) is 5.34. The second-order valence-electron chi connectivity index (χ2n) is 4.82. The summed E-state index contributed by atoms with van der Waals surface area (Å²) in [7, 11) is -3.69. The van der Waals surface area contributed by atoms with E-state index in [1.807, 2.05) is 0 Å². The van der Waals surface area contributed by atoms with Crippen LogP contribution in [0.4, 0.5) is 5.69 Å². The molecule has 0 bridgehead atoms. The van der Waals surface area contributed by atoms with Gasteiger partial charge in [0, 0.05) is 12.1 Å². The first kappa shape index (κ1) is 14.0. The summed E-state index contributed by atoms with van der Waals surface area (Å²) in [5, 5.41) is 10.3. The van der Waals surface area contributed by atoms with E-state index in [2.05, 4.69) is 0 Å². The van der Waals surface area contributed by atoms with Gasteiger partial charge in [-0.2, -0.15) is 0 Å². The Morgan fingerprint density at radius 2 is 1.95 bits per heavy atom. The highest BCUT2D eigenvalue weighted by Gasteiger charge is 2.35. The number of sulfone groups is 1. The first-order valence-electron chi connectivity index (χ1n) is 6.16. The summed E-state index contributed by atoms with van der Waals surface area (Å²) in [5.74, 6) is 0. The number of rotatable bonds is 3. The molecule has 0 amide bonds. The Bertz CT molecular complexity index is 585. The van der Waals surface area contributed by atoms with Crippen LogP contribution in [0.25, 0.3) is 0 Å². The van der Waals surface area contributed by atoms with E-state index in [9.17, 15) is 18.5 Å². The molecule has 2 unspecified atom stereocenters. The fraction of sp³-hybridized carbons (Fsp3) is 0.500. The van der Waals surface area contributed by atoms with Crippen molar-refractivity contribution < 1.29 is 13.3 Å². The Balaban J connectivity index is 2.42. The van der Waals surface area contributed by atoms with Crippen molar-refractivity contribution in [2.24, 2.45) is 5.73 Å². The number of para-hydroxylation sites is 1. The minimum Gasteiger partial charge on any atom is -0.328 e. The maximum atomic E-state index is 12.5. The lowest BCUT2D eigenvalue weighted by atomic mass is 9.96. The molecule has 2 atom stereocenters. The van der Waals surface area contributed by atoms with Gasteiger partial charge in [0.25, 0.3) is 5.69 Å². The molecule has 0 radical (unpaired) electrons. The molecule has 0 aliphatic heterocycles. The van der Waals surface area contributed by atoms with Gasteiger partial charge in [-0.3, -0.25) is 10.1 Å². The van der Waals surface area contributed by atoms with Crippen LogP contribution in [0.2, 0.25) is 0 Å². The van der Waals surface area contributed by atoms with Crippen molar-refractivity contribution in [2.45, 2.75) is 41.9 Å². The molecule has 1 aromatic rings. The minimum atomic E-state index is -3.69. The fourth-order valence-corrected chi connectivity index (χ4v) is 4.53. The van der Waals surface area contributed by atoms with Gasteiger partial charge in [0.1, 0.15) is 4.90 Å². The quantitative estimate of drug-likeness (QED) is 0.671. The number of nitro benzene ring substituents is 1. The predicted molar refractivity (Wildman–Crippen MR) is 70.5 cm³/mol. The Labute approximate surface area is 111 Å². The van der Waals surface area contributed by atoms with Gasteiger partial charge in [-0.25, -0.2) is 8.42 Å². The van der Waals surface area contributed by atoms with Gasteiger partial charge in [0.15, 0.2) is 9.84 Å². The maximum Gasteiger partial charge on any atom is 0.287 e. The number of hydrogen-bond acceptors (Lipinski definition) is 5. The summed E-state index contributed by atoms with van der Waals surface area (Å²) in [6.07, 6.45) is 2.44. The van der Waals surface area contributed by atoms with E-state index in [1.54, 1.807) is 0 Å². The molecular weight excluding hydrogens is 268 g/mol. The molecule has 104 valence electrons. The van der Waals surface area contributed by atoms with Crippen LogP contribution in [-0.4, -0.2) is 24.6 Å². The molecule has 1 aliphatic rings. The summed E-state index contributed by atoms with van der Waals surface area (Å²) in [5.41, 5.74) is 5.44. The van der Waals surface area contributed by atoms with E-state index in [0.29, 0.717) is 12.8 Å². The standard InChI is InChI=1S/C12H16N2O4S/c13-9-4-3-5-10(8-9)19(17,18)12-7-2-1-6-11(12)14(15)16/h1-2,6-7,9-10H,3-5,8,13H2. The zero-order valence-corrected chi connectivity index (χ0v) is 11.2. The number of hydrogen-bond donors (Lipinski definition) is 1. The molecule has 6 nitrogen and oxygen atoms in total. The second-order valence-corrected chi connectivity index (χ2v) is 7.02. The lowest BCUT2D eigenvalue weighted by molar-refractivity contribution is -0.387. The molecule has 1 aromatic carbocycles. The highest BCUT2D eigenvalue weighted by Crippen LogP contribution is 2.32. The van der Waals surface area contributed by atoms with Gasteiger partial charge < -0.3 is 5.73 Å². The lowest BCUT2D eigenvalue weighted by Gasteiger charge is -2.26. The van der Waals surface area contributed by atoms with Crippen LogP contribution < -0.4 is 5.73 Å². The molecule has 0 heterocycles. The molecule has 0 spiro atoms. The number of nitrogens with zero attached hydrogens (tertiary/aromatic N) is 1. The third-order valence-electron chi connectivity index (χ3n) is 3.47. The van der Waals surface area contributed by atoms with Crippen molar-refractivity contribution in [3.05, 3.63) is 34.4 Å². The Morgan fingerprint density at radius 1 is 1.26 bits per heavy atom. The van der Waals surface area contributed by atoms with Gasteiger partial charge in [0.05, 0.1) is 10.2 Å². The van der Waals surface area contributed by atoms with Crippen LogP contribution in [0.1, 0.15) is 25.7 Å². The monoisotopic (exact) mass is 284 g/mol. The Morgan fingerprint density at radius 3 is 2.58 bits per heavy atom. The summed E-state index contributed by atoms with van der Waals surface area (Å²) < 4.78 is 25.0. The van der Waals surface area contributed by atoms with Crippen molar-refractivity contribution in [3.8, 4) is 0 Å². The molecular formula is C12H16N2O4S. The number of benzene rings is 1. The first-order valence-corrected chi connectivity index (χ1v) is 7.70. The molecule has 1 fully saturated rings. The molecule has 1 saturated carbocycles. The molecule has 2 N–H and O–H groups in total. The summed E-state index contributed by atoms with van der Waals surface area (Å²) >= 11 is 0. The first-order chi connectivity index (χ1) is 8.93. The van der Waals surface area contributed by atoms with Gasteiger partial charge in [-0.1, -0.05) is 18.6 Å². The largest absolute Gasteiger partial charge is 0.328 e. The van der Waals surface area contributed by atoms with Crippen molar-refractivity contribution in [1.82, 2.24) is 0 Å². The average molecular weight is 284 g/mol. The van der Waals surface area contributed by atoms with Crippen LogP contribution in [0.15, 0.2) is 29.2 Å². The van der Waals surface area contributed by atoms with E-state index in [-0.39, 0.29) is 16.6 Å². The highest BCUT2D eigenvalue weighted by atomic mass is 32.2.